The largest absolute Gasteiger partial charge is 0.466 e. The first-order valence-corrected chi connectivity index (χ1v) is 6.05. The minimum absolute atomic E-state index is 0.151. The summed E-state index contributed by atoms with van der Waals surface area (Å²) in [6.07, 6.45) is 3.07. The maximum absolute atomic E-state index is 11.7. The fourth-order valence-corrected chi connectivity index (χ4v) is 1.95. The van der Waals surface area contributed by atoms with Gasteiger partial charge in [0.05, 0.1) is 13.2 Å². The van der Waals surface area contributed by atoms with Crippen molar-refractivity contribution in [3.8, 4) is 0 Å². The number of methoxy groups -OCH3 is 1. The molecule has 5 nitrogen and oxygen atoms in total. The lowest BCUT2D eigenvalue weighted by Crippen LogP contribution is -2.45. The average Bonchev–Trinajstić information content (AvgIpc) is 2.42. The smallest absolute Gasteiger partial charge is 0.410 e. The van der Waals surface area contributed by atoms with Crippen molar-refractivity contribution < 1.29 is 19.1 Å². The zero-order chi connectivity index (χ0) is 13.5. The predicted molar refractivity (Wildman–Crippen MR) is 67.5 cm³/mol. The molecule has 0 N–H and O–H groups in total. The van der Waals surface area contributed by atoms with Gasteiger partial charge in [-0.25, -0.2) is 9.59 Å². The predicted octanol–water partition coefficient (Wildman–Crippen LogP) is 1.72. The molecular formula is C12H16ClNO4. The zero-order valence-electron chi connectivity index (χ0n) is 10.2. The molecule has 0 bridgehead atoms. The first kappa shape index (κ1) is 14.6. The first-order chi connectivity index (χ1) is 8.63. The number of carbonyl (C=O) groups is 2. The lowest BCUT2D eigenvalue weighted by Gasteiger charge is -2.32. The molecule has 6 heteroatoms. The monoisotopic (exact) mass is 273 g/mol. The number of nitrogens with zero attached hydrogens (tertiary/aromatic N) is 1. The molecule has 1 atom stereocenters. The van der Waals surface area contributed by atoms with Gasteiger partial charge < -0.3 is 9.47 Å². The Balaban J connectivity index is 2.71. The molecule has 1 rings (SSSR count). The summed E-state index contributed by atoms with van der Waals surface area (Å²) in [5.41, 5.74) is 0.538. The summed E-state index contributed by atoms with van der Waals surface area (Å²) in [6, 6.07) is -0.261. The van der Waals surface area contributed by atoms with Crippen molar-refractivity contribution in [2.24, 2.45) is 0 Å². The Hall–Kier alpha value is -1.49. The SMILES string of the molecule is C=CCOC(=O)N1CC=C(C(=O)OC)C[C@H]1CCl. The van der Waals surface area contributed by atoms with Crippen LogP contribution in [0.4, 0.5) is 4.79 Å². The lowest BCUT2D eigenvalue weighted by atomic mass is 10.0. The zero-order valence-corrected chi connectivity index (χ0v) is 11.0. The summed E-state index contributed by atoms with van der Waals surface area (Å²) in [4.78, 5) is 24.6. The van der Waals surface area contributed by atoms with Crippen LogP contribution in [0.2, 0.25) is 0 Å². The van der Waals surface area contributed by atoms with Gasteiger partial charge >= 0.3 is 12.1 Å². The number of hydrogen-bond donors (Lipinski definition) is 0. The van der Waals surface area contributed by atoms with Gasteiger partial charge in [0.2, 0.25) is 0 Å². The van der Waals surface area contributed by atoms with Crippen molar-refractivity contribution in [2.75, 3.05) is 26.1 Å². The molecule has 1 heterocycles. The van der Waals surface area contributed by atoms with Crippen LogP contribution in [0.15, 0.2) is 24.3 Å². The Labute approximate surface area is 111 Å². The van der Waals surface area contributed by atoms with E-state index in [0.717, 1.165) is 0 Å². The molecular weight excluding hydrogens is 258 g/mol. The molecule has 0 aromatic rings. The summed E-state index contributed by atoms with van der Waals surface area (Å²) in [5.74, 6) is -0.151. The van der Waals surface area contributed by atoms with Gasteiger partial charge in [-0.15, -0.1) is 11.6 Å². The van der Waals surface area contributed by atoms with E-state index in [-0.39, 0.29) is 31.0 Å². The maximum atomic E-state index is 11.7. The van der Waals surface area contributed by atoms with E-state index in [2.05, 4.69) is 11.3 Å². The highest BCUT2D eigenvalue weighted by Crippen LogP contribution is 2.20. The number of esters is 1. The van der Waals surface area contributed by atoms with Gasteiger partial charge in [0, 0.05) is 24.4 Å². The summed E-state index contributed by atoms with van der Waals surface area (Å²) < 4.78 is 9.59. The molecule has 100 valence electrons. The number of alkyl halides is 1. The van der Waals surface area contributed by atoms with Crippen molar-refractivity contribution >= 4 is 23.7 Å². The van der Waals surface area contributed by atoms with Crippen LogP contribution in [0, 0.1) is 0 Å². The fourth-order valence-electron chi connectivity index (χ4n) is 1.68. The van der Waals surface area contributed by atoms with Crippen LogP contribution in [0.25, 0.3) is 0 Å². The van der Waals surface area contributed by atoms with E-state index in [9.17, 15) is 9.59 Å². The minimum Gasteiger partial charge on any atom is -0.466 e. The van der Waals surface area contributed by atoms with Gasteiger partial charge in [-0.05, 0) is 0 Å². The van der Waals surface area contributed by atoms with Gasteiger partial charge in [-0.3, -0.25) is 4.90 Å². The molecule has 18 heavy (non-hydrogen) atoms. The Morgan fingerprint density at radius 3 is 2.94 bits per heavy atom. The second-order valence-corrected chi connectivity index (χ2v) is 4.06. The summed E-state index contributed by atoms with van der Waals surface area (Å²) in [7, 11) is 1.32. The van der Waals surface area contributed by atoms with Gasteiger partial charge in [0.15, 0.2) is 0 Å². The number of carbonyl (C=O) groups excluding carboxylic acids is 2. The molecule has 0 aliphatic carbocycles. The molecule has 1 amide bonds. The van der Waals surface area contributed by atoms with E-state index >= 15 is 0 Å². The number of ether oxygens (including phenoxy) is 2. The number of rotatable bonds is 4. The van der Waals surface area contributed by atoms with Gasteiger partial charge in [0.1, 0.15) is 6.61 Å². The molecule has 0 radical (unpaired) electrons. The Morgan fingerprint density at radius 2 is 2.39 bits per heavy atom. The number of amides is 1. The van der Waals surface area contributed by atoms with Crippen LogP contribution in [0.3, 0.4) is 0 Å². The quantitative estimate of drug-likeness (QED) is 0.445. The molecule has 0 saturated carbocycles. The minimum atomic E-state index is -0.458. The number of halogens is 1. The van der Waals surface area contributed by atoms with Gasteiger partial charge in [-0.1, -0.05) is 18.7 Å². The van der Waals surface area contributed by atoms with Crippen molar-refractivity contribution in [1.82, 2.24) is 4.90 Å². The fraction of sp³-hybridized carbons (Fsp3) is 0.500. The molecule has 0 saturated heterocycles. The molecule has 0 spiro atoms. The molecule has 1 aliphatic heterocycles. The first-order valence-electron chi connectivity index (χ1n) is 5.51. The van der Waals surface area contributed by atoms with Crippen LogP contribution in [-0.4, -0.2) is 49.1 Å². The Bertz CT molecular complexity index is 367. The van der Waals surface area contributed by atoms with Crippen molar-refractivity contribution in [3.63, 3.8) is 0 Å². The van der Waals surface area contributed by atoms with E-state index < -0.39 is 6.09 Å². The summed E-state index contributed by atoms with van der Waals surface area (Å²) in [6.45, 7) is 3.91. The van der Waals surface area contributed by atoms with E-state index in [0.29, 0.717) is 12.0 Å². The van der Waals surface area contributed by atoms with Crippen molar-refractivity contribution in [1.29, 1.82) is 0 Å². The second kappa shape index (κ2) is 7.06. The molecule has 0 aromatic heterocycles. The highest BCUT2D eigenvalue weighted by molar-refractivity contribution is 6.18. The van der Waals surface area contributed by atoms with E-state index in [1.807, 2.05) is 0 Å². The van der Waals surface area contributed by atoms with Crippen LogP contribution >= 0.6 is 11.6 Å². The average molecular weight is 274 g/mol. The standard InChI is InChI=1S/C12H16ClNO4/c1-3-6-18-12(16)14-5-4-9(11(15)17-2)7-10(14)8-13/h3-4,10H,1,5-8H2,2H3/t10-/m0/s1. The molecule has 1 aliphatic rings. The maximum Gasteiger partial charge on any atom is 0.410 e. The van der Waals surface area contributed by atoms with E-state index in [1.165, 1.54) is 18.1 Å². The van der Waals surface area contributed by atoms with Crippen LogP contribution in [0.1, 0.15) is 6.42 Å². The topological polar surface area (TPSA) is 55.8 Å². The lowest BCUT2D eigenvalue weighted by molar-refractivity contribution is -0.136. The van der Waals surface area contributed by atoms with E-state index in [4.69, 9.17) is 16.3 Å². The van der Waals surface area contributed by atoms with Gasteiger partial charge in [-0.2, -0.15) is 0 Å². The Kier molecular flexibility index (Phi) is 5.71. The molecule has 0 fully saturated rings. The highest BCUT2D eigenvalue weighted by Gasteiger charge is 2.30. The highest BCUT2D eigenvalue weighted by atomic mass is 35.5. The van der Waals surface area contributed by atoms with Crippen LogP contribution < -0.4 is 0 Å². The molecule has 0 unspecified atom stereocenters. The van der Waals surface area contributed by atoms with Crippen molar-refractivity contribution in [3.05, 3.63) is 24.3 Å². The second-order valence-electron chi connectivity index (χ2n) is 3.75. The number of hydrogen-bond acceptors (Lipinski definition) is 4. The van der Waals surface area contributed by atoms with Crippen LogP contribution in [-0.2, 0) is 14.3 Å². The van der Waals surface area contributed by atoms with Crippen LogP contribution in [0.5, 0.6) is 0 Å². The van der Waals surface area contributed by atoms with E-state index in [1.54, 1.807) is 6.08 Å². The Morgan fingerprint density at radius 1 is 1.67 bits per heavy atom. The summed E-state index contributed by atoms with van der Waals surface area (Å²) in [5, 5.41) is 0. The van der Waals surface area contributed by atoms with Gasteiger partial charge in [0.25, 0.3) is 0 Å². The molecule has 0 aromatic carbocycles. The summed E-state index contributed by atoms with van der Waals surface area (Å²) >= 11 is 5.82. The van der Waals surface area contributed by atoms with Crippen molar-refractivity contribution in [2.45, 2.75) is 12.5 Å². The third-order valence-electron chi connectivity index (χ3n) is 2.62. The third kappa shape index (κ3) is 3.50. The third-order valence-corrected chi connectivity index (χ3v) is 2.97. The normalized spacial score (nSPS) is 18.9.